The predicted molar refractivity (Wildman–Crippen MR) is 127 cm³/mol. The standard InChI is InChI=1S/C23H20N4O4S/c28-21-16-10-4-6-12-18(16)27(24-14-15-8-2-1-3-9-15)23(29)20(21)22-25-17-11-5-7-13-19(17)32(30,31)26-22/h1-13,24,28,30-31H,14H2,(H,25,26). The van der Waals surface area contributed by atoms with Crippen molar-refractivity contribution in [2.75, 3.05) is 10.7 Å². The van der Waals surface area contributed by atoms with Gasteiger partial charge in [-0.25, -0.2) is 4.68 Å². The summed E-state index contributed by atoms with van der Waals surface area (Å²) in [5.74, 6) is -0.392. The maximum absolute atomic E-state index is 13.5. The molecule has 5 N–H and O–H groups in total. The van der Waals surface area contributed by atoms with E-state index in [1.165, 1.54) is 4.68 Å². The lowest BCUT2D eigenvalue weighted by molar-refractivity contribution is 0.478. The highest BCUT2D eigenvalue weighted by Crippen LogP contribution is 2.55. The van der Waals surface area contributed by atoms with E-state index in [1.807, 2.05) is 30.3 Å². The highest BCUT2D eigenvalue weighted by Gasteiger charge is 2.30. The van der Waals surface area contributed by atoms with Gasteiger partial charge in [0.25, 0.3) is 5.56 Å². The molecule has 0 atom stereocenters. The van der Waals surface area contributed by atoms with E-state index in [2.05, 4.69) is 15.1 Å². The van der Waals surface area contributed by atoms with E-state index in [0.717, 1.165) is 5.56 Å². The number of para-hydroxylation sites is 2. The molecule has 0 fully saturated rings. The van der Waals surface area contributed by atoms with Crippen molar-refractivity contribution in [2.24, 2.45) is 4.40 Å². The maximum atomic E-state index is 13.5. The summed E-state index contributed by atoms with van der Waals surface area (Å²) >= 11 is 0. The summed E-state index contributed by atoms with van der Waals surface area (Å²) in [5.41, 5.74) is 4.25. The van der Waals surface area contributed by atoms with E-state index in [-0.39, 0.29) is 22.0 Å². The number of rotatable bonds is 4. The fourth-order valence-electron chi connectivity index (χ4n) is 3.71. The van der Waals surface area contributed by atoms with Gasteiger partial charge in [0.2, 0.25) is 0 Å². The third-order valence-corrected chi connectivity index (χ3v) is 6.61. The average Bonchev–Trinajstić information content (AvgIpc) is 2.79. The Bertz CT molecular complexity index is 1420. The molecule has 0 radical (unpaired) electrons. The minimum Gasteiger partial charge on any atom is -0.506 e. The lowest BCUT2D eigenvalue weighted by Gasteiger charge is -2.34. The molecule has 0 amide bonds. The molecule has 2 heterocycles. The number of aromatic hydroxyl groups is 1. The van der Waals surface area contributed by atoms with Gasteiger partial charge in [0.05, 0.1) is 17.7 Å². The summed E-state index contributed by atoms with van der Waals surface area (Å²) in [5, 5.41) is 14.4. The summed E-state index contributed by atoms with van der Waals surface area (Å²) in [6, 6.07) is 23.1. The van der Waals surface area contributed by atoms with Crippen molar-refractivity contribution in [3.8, 4) is 5.75 Å². The van der Waals surface area contributed by atoms with Crippen LogP contribution < -0.4 is 16.3 Å². The largest absolute Gasteiger partial charge is 0.506 e. The van der Waals surface area contributed by atoms with E-state index < -0.39 is 16.3 Å². The zero-order chi connectivity index (χ0) is 22.3. The van der Waals surface area contributed by atoms with Gasteiger partial charge in [0.15, 0.2) is 5.84 Å². The minimum atomic E-state index is -3.55. The van der Waals surface area contributed by atoms with Crippen LogP contribution in [0.3, 0.4) is 0 Å². The van der Waals surface area contributed by atoms with Crippen LogP contribution >= 0.6 is 10.8 Å². The smallest absolute Gasteiger partial charge is 0.284 e. The number of hydrogen-bond acceptors (Lipinski definition) is 7. The molecular weight excluding hydrogens is 428 g/mol. The van der Waals surface area contributed by atoms with Crippen molar-refractivity contribution in [1.82, 2.24) is 4.68 Å². The van der Waals surface area contributed by atoms with E-state index >= 15 is 0 Å². The first kappa shape index (κ1) is 20.1. The molecular formula is C23H20N4O4S. The Labute approximate surface area is 185 Å². The Balaban J connectivity index is 1.68. The van der Waals surface area contributed by atoms with Gasteiger partial charge in [0.1, 0.15) is 16.2 Å². The number of fused-ring (bicyclic) bond motifs is 2. The third-order valence-electron chi connectivity index (χ3n) is 5.23. The summed E-state index contributed by atoms with van der Waals surface area (Å²) < 4.78 is 26.5. The maximum Gasteiger partial charge on any atom is 0.284 e. The number of nitrogens with one attached hydrogen (secondary N) is 2. The van der Waals surface area contributed by atoms with Gasteiger partial charge in [0, 0.05) is 5.39 Å². The van der Waals surface area contributed by atoms with E-state index in [9.17, 15) is 19.0 Å². The monoisotopic (exact) mass is 448 g/mol. The highest BCUT2D eigenvalue weighted by atomic mass is 32.3. The van der Waals surface area contributed by atoms with Crippen LogP contribution in [0.2, 0.25) is 0 Å². The Hall–Kier alpha value is -3.79. The molecule has 32 heavy (non-hydrogen) atoms. The molecule has 1 aliphatic rings. The third kappa shape index (κ3) is 3.38. The van der Waals surface area contributed by atoms with Gasteiger partial charge >= 0.3 is 0 Å². The van der Waals surface area contributed by atoms with Crippen LogP contribution in [0.5, 0.6) is 5.75 Å². The second kappa shape index (κ2) is 7.72. The molecule has 4 aromatic rings. The fraction of sp³-hybridized carbons (Fsp3) is 0.0435. The molecule has 0 bridgehead atoms. The first-order valence-corrected chi connectivity index (χ1v) is 11.4. The van der Waals surface area contributed by atoms with Crippen LogP contribution in [0.1, 0.15) is 11.1 Å². The molecule has 162 valence electrons. The number of anilines is 1. The molecule has 3 aromatic carbocycles. The fourth-order valence-corrected chi connectivity index (χ4v) is 4.87. The van der Waals surface area contributed by atoms with Crippen molar-refractivity contribution >= 4 is 33.2 Å². The zero-order valence-electron chi connectivity index (χ0n) is 16.8. The number of pyridine rings is 1. The van der Waals surface area contributed by atoms with Crippen LogP contribution in [0, 0.1) is 0 Å². The first-order chi connectivity index (χ1) is 15.5. The van der Waals surface area contributed by atoms with Gasteiger partial charge in [-0.05, 0) is 29.8 Å². The zero-order valence-corrected chi connectivity index (χ0v) is 17.6. The molecule has 8 nitrogen and oxygen atoms in total. The molecule has 0 aliphatic carbocycles. The number of hydrogen-bond donors (Lipinski definition) is 5. The minimum absolute atomic E-state index is 0.104. The molecule has 0 saturated heterocycles. The van der Waals surface area contributed by atoms with Crippen LogP contribution in [-0.4, -0.2) is 24.7 Å². The van der Waals surface area contributed by atoms with E-state index in [0.29, 0.717) is 23.1 Å². The Morgan fingerprint density at radius 2 is 1.62 bits per heavy atom. The normalized spacial score (nSPS) is 15.4. The summed E-state index contributed by atoms with van der Waals surface area (Å²) in [6.07, 6.45) is 0. The lowest BCUT2D eigenvalue weighted by Crippen LogP contribution is -2.36. The lowest BCUT2D eigenvalue weighted by atomic mass is 10.1. The van der Waals surface area contributed by atoms with Crippen LogP contribution in [0.25, 0.3) is 10.9 Å². The van der Waals surface area contributed by atoms with Crippen LogP contribution in [0.15, 0.2) is 93.0 Å². The van der Waals surface area contributed by atoms with Crippen molar-refractivity contribution in [2.45, 2.75) is 11.4 Å². The van der Waals surface area contributed by atoms with Gasteiger partial charge in [-0.3, -0.25) is 13.9 Å². The van der Waals surface area contributed by atoms with Crippen molar-refractivity contribution in [3.05, 3.63) is 100 Å². The quantitative estimate of drug-likeness (QED) is 0.317. The molecule has 0 spiro atoms. The Morgan fingerprint density at radius 1 is 0.938 bits per heavy atom. The topological polar surface area (TPSA) is 119 Å². The highest BCUT2D eigenvalue weighted by molar-refractivity contribution is 8.23. The van der Waals surface area contributed by atoms with E-state index in [1.54, 1.807) is 48.5 Å². The Kier molecular flexibility index (Phi) is 4.86. The predicted octanol–water partition coefficient (Wildman–Crippen LogP) is 4.35. The van der Waals surface area contributed by atoms with Gasteiger partial charge < -0.3 is 15.8 Å². The van der Waals surface area contributed by atoms with Crippen molar-refractivity contribution in [1.29, 1.82) is 0 Å². The number of benzene rings is 3. The van der Waals surface area contributed by atoms with E-state index in [4.69, 9.17) is 0 Å². The van der Waals surface area contributed by atoms with Crippen LogP contribution in [0.4, 0.5) is 5.69 Å². The molecule has 0 unspecified atom stereocenters. The number of amidine groups is 1. The molecule has 0 saturated carbocycles. The summed E-state index contributed by atoms with van der Waals surface area (Å²) in [6.45, 7) is 0.368. The second-order valence-electron chi connectivity index (χ2n) is 7.28. The SMILES string of the molecule is O=c1c(C2=NS(O)(O)c3ccccc3N2)c(O)c2ccccc2n1NCc1ccccc1. The summed E-state index contributed by atoms with van der Waals surface area (Å²) in [7, 11) is -3.55. The van der Waals surface area contributed by atoms with Gasteiger partial charge in [-0.1, -0.05) is 65.4 Å². The number of aromatic nitrogens is 1. The molecule has 1 aromatic heterocycles. The second-order valence-corrected chi connectivity index (χ2v) is 8.94. The van der Waals surface area contributed by atoms with Crippen molar-refractivity contribution < 1.29 is 14.2 Å². The van der Waals surface area contributed by atoms with Gasteiger partial charge in [-0.15, -0.1) is 4.40 Å². The number of nitrogens with zero attached hydrogens (tertiary/aromatic N) is 2. The molecule has 5 rings (SSSR count). The summed E-state index contributed by atoms with van der Waals surface area (Å²) in [4.78, 5) is 13.7. The molecule has 1 aliphatic heterocycles. The Morgan fingerprint density at radius 3 is 2.44 bits per heavy atom. The van der Waals surface area contributed by atoms with Gasteiger partial charge in [-0.2, -0.15) is 0 Å². The average molecular weight is 449 g/mol. The van der Waals surface area contributed by atoms with Crippen LogP contribution in [-0.2, 0) is 6.54 Å². The first-order valence-electron chi connectivity index (χ1n) is 9.85. The molecule has 9 heteroatoms. The van der Waals surface area contributed by atoms with Crippen molar-refractivity contribution in [3.63, 3.8) is 0 Å².